The Morgan fingerprint density at radius 1 is 1.40 bits per heavy atom. The number of carbonyl (C=O) groups excluding carboxylic acids is 1. The zero-order valence-electron chi connectivity index (χ0n) is 11.5. The number of carboxylic acid groups (broad SMARTS) is 1. The summed E-state index contributed by atoms with van der Waals surface area (Å²) in [6.45, 7) is 4.14. The van der Waals surface area contributed by atoms with Gasteiger partial charge in [-0.1, -0.05) is 31.5 Å². The van der Waals surface area contributed by atoms with E-state index in [9.17, 15) is 14.7 Å². The van der Waals surface area contributed by atoms with E-state index in [1.807, 2.05) is 13.8 Å². The van der Waals surface area contributed by atoms with Crippen LogP contribution in [0.5, 0.6) is 0 Å². The van der Waals surface area contributed by atoms with E-state index in [2.05, 4.69) is 5.32 Å². The van der Waals surface area contributed by atoms with Gasteiger partial charge in [0.25, 0.3) is 5.91 Å². The monoisotopic (exact) mass is 298 g/mol. The maximum atomic E-state index is 11.4. The maximum absolute atomic E-state index is 11.4. The van der Waals surface area contributed by atoms with Crippen LogP contribution in [0.1, 0.15) is 30.6 Å². The first-order valence-electron chi connectivity index (χ1n) is 6.38. The lowest BCUT2D eigenvalue weighted by atomic mass is 9.97. The highest BCUT2D eigenvalue weighted by atomic mass is 35.5. The third-order valence-electron chi connectivity index (χ3n) is 2.90. The van der Waals surface area contributed by atoms with Crippen molar-refractivity contribution < 1.29 is 14.7 Å². The first-order valence-corrected chi connectivity index (χ1v) is 6.75. The second-order valence-corrected chi connectivity index (χ2v) is 5.48. The van der Waals surface area contributed by atoms with Gasteiger partial charge in [0.15, 0.2) is 0 Å². The molecule has 0 heterocycles. The Kier molecular flexibility index (Phi) is 5.82. The van der Waals surface area contributed by atoms with E-state index in [1.165, 1.54) is 0 Å². The molecule has 1 unspecified atom stereocenters. The fourth-order valence-corrected chi connectivity index (χ4v) is 2.26. The van der Waals surface area contributed by atoms with Crippen molar-refractivity contribution in [3.8, 4) is 0 Å². The number of primary amides is 1. The van der Waals surface area contributed by atoms with Crippen molar-refractivity contribution in [1.29, 1.82) is 0 Å². The fourth-order valence-electron chi connectivity index (χ4n) is 2.00. The lowest BCUT2D eigenvalue weighted by Crippen LogP contribution is -2.25. The summed E-state index contributed by atoms with van der Waals surface area (Å²) in [7, 11) is 0. The van der Waals surface area contributed by atoms with E-state index in [0.29, 0.717) is 12.1 Å². The van der Waals surface area contributed by atoms with E-state index in [4.69, 9.17) is 17.3 Å². The number of nitrogens with one attached hydrogen (secondary N) is 1. The highest BCUT2D eigenvalue weighted by Gasteiger charge is 2.20. The van der Waals surface area contributed by atoms with Crippen LogP contribution in [0, 0.1) is 11.8 Å². The molecule has 0 spiro atoms. The topological polar surface area (TPSA) is 92.4 Å². The standard InChI is InChI=1S/C14H19ClN2O3/c1-8(2)6-9(14(19)20)7-17-11-5-3-4-10(15)12(11)13(16)18/h3-5,8-9,17H,6-7H2,1-2H3,(H2,16,18)(H,19,20). The summed E-state index contributed by atoms with van der Waals surface area (Å²) in [4.78, 5) is 22.6. The van der Waals surface area contributed by atoms with Gasteiger partial charge in [-0.3, -0.25) is 9.59 Å². The molecule has 1 atom stereocenters. The summed E-state index contributed by atoms with van der Waals surface area (Å²) in [5, 5.41) is 12.4. The van der Waals surface area contributed by atoms with Crippen molar-refractivity contribution in [2.45, 2.75) is 20.3 Å². The molecule has 1 aromatic carbocycles. The number of rotatable bonds is 7. The summed E-state index contributed by atoms with van der Waals surface area (Å²) in [5.41, 5.74) is 5.92. The van der Waals surface area contributed by atoms with Gasteiger partial charge in [0, 0.05) is 12.2 Å². The average Bonchev–Trinajstić information content (AvgIpc) is 2.33. The van der Waals surface area contributed by atoms with E-state index in [1.54, 1.807) is 18.2 Å². The Labute approximate surface area is 123 Å². The van der Waals surface area contributed by atoms with Gasteiger partial charge in [-0.05, 0) is 24.5 Å². The minimum Gasteiger partial charge on any atom is -0.481 e. The molecule has 0 radical (unpaired) electrons. The molecule has 0 saturated heterocycles. The van der Waals surface area contributed by atoms with Crippen molar-refractivity contribution in [3.05, 3.63) is 28.8 Å². The summed E-state index contributed by atoms with van der Waals surface area (Å²) in [5.74, 6) is -1.77. The number of halogens is 1. The second kappa shape index (κ2) is 7.14. The lowest BCUT2D eigenvalue weighted by Gasteiger charge is -2.17. The quantitative estimate of drug-likeness (QED) is 0.721. The molecule has 1 amide bonds. The van der Waals surface area contributed by atoms with Gasteiger partial charge in [0.1, 0.15) is 0 Å². The lowest BCUT2D eigenvalue weighted by molar-refractivity contribution is -0.141. The third-order valence-corrected chi connectivity index (χ3v) is 3.22. The van der Waals surface area contributed by atoms with Gasteiger partial charge in [-0.15, -0.1) is 0 Å². The zero-order valence-corrected chi connectivity index (χ0v) is 12.3. The normalized spacial score (nSPS) is 12.2. The van der Waals surface area contributed by atoms with E-state index in [0.717, 1.165) is 0 Å². The Bertz CT molecular complexity index is 503. The number of hydrogen-bond donors (Lipinski definition) is 3. The predicted molar refractivity (Wildman–Crippen MR) is 79.0 cm³/mol. The Hall–Kier alpha value is -1.75. The first-order chi connectivity index (χ1) is 9.32. The molecule has 6 heteroatoms. The van der Waals surface area contributed by atoms with Gasteiger partial charge in [-0.25, -0.2) is 0 Å². The molecule has 0 aliphatic rings. The van der Waals surface area contributed by atoms with Gasteiger partial charge < -0.3 is 16.2 Å². The van der Waals surface area contributed by atoms with E-state index < -0.39 is 17.8 Å². The maximum Gasteiger partial charge on any atom is 0.308 e. The van der Waals surface area contributed by atoms with Crippen molar-refractivity contribution in [2.75, 3.05) is 11.9 Å². The van der Waals surface area contributed by atoms with Gasteiger partial charge >= 0.3 is 5.97 Å². The van der Waals surface area contributed by atoms with Crippen LogP contribution in [-0.4, -0.2) is 23.5 Å². The number of hydrogen-bond acceptors (Lipinski definition) is 3. The van der Waals surface area contributed by atoms with Crippen LogP contribution >= 0.6 is 11.6 Å². The molecule has 1 aromatic rings. The first kappa shape index (κ1) is 16.3. The summed E-state index contributed by atoms with van der Waals surface area (Å²) in [6, 6.07) is 4.89. The van der Waals surface area contributed by atoms with Crippen LogP contribution in [0.4, 0.5) is 5.69 Å². The average molecular weight is 299 g/mol. The Balaban J connectivity index is 2.85. The van der Waals surface area contributed by atoms with Crippen LogP contribution in [0.25, 0.3) is 0 Å². The minimum atomic E-state index is -0.867. The number of benzene rings is 1. The molecule has 0 aliphatic heterocycles. The molecule has 5 nitrogen and oxygen atoms in total. The van der Waals surface area contributed by atoms with Gasteiger partial charge in [-0.2, -0.15) is 0 Å². The van der Waals surface area contributed by atoms with Crippen molar-refractivity contribution in [2.24, 2.45) is 17.6 Å². The van der Waals surface area contributed by atoms with Crippen LogP contribution in [-0.2, 0) is 4.79 Å². The molecule has 1 rings (SSSR count). The van der Waals surface area contributed by atoms with Gasteiger partial charge in [0.2, 0.25) is 0 Å². The molecule has 0 bridgehead atoms. The molecule has 0 aromatic heterocycles. The van der Waals surface area contributed by atoms with Crippen molar-refractivity contribution in [3.63, 3.8) is 0 Å². The van der Waals surface area contributed by atoms with E-state index >= 15 is 0 Å². The van der Waals surface area contributed by atoms with Gasteiger partial charge in [0.05, 0.1) is 16.5 Å². The molecule has 20 heavy (non-hydrogen) atoms. The molecule has 0 aliphatic carbocycles. The Morgan fingerprint density at radius 2 is 2.05 bits per heavy atom. The zero-order chi connectivity index (χ0) is 15.3. The highest BCUT2D eigenvalue weighted by Crippen LogP contribution is 2.24. The predicted octanol–water partition coefficient (Wildman–Crippen LogP) is 2.60. The molecule has 4 N–H and O–H groups in total. The fraction of sp³-hybridized carbons (Fsp3) is 0.429. The molecule has 0 fully saturated rings. The van der Waals surface area contributed by atoms with Crippen LogP contribution < -0.4 is 11.1 Å². The summed E-state index contributed by atoms with van der Waals surface area (Å²) in [6.07, 6.45) is 0.550. The Morgan fingerprint density at radius 3 is 2.55 bits per heavy atom. The highest BCUT2D eigenvalue weighted by molar-refractivity contribution is 6.34. The van der Waals surface area contributed by atoms with Crippen molar-refractivity contribution >= 4 is 29.2 Å². The number of amides is 1. The van der Waals surface area contributed by atoms with Crippen LogP contribution in [0.2, 0.25) is 5.02 Å². The van der Waals surface area contributed by atoms with Crippen LogP contribution in [0.3, 0.4) is 0 Å². The molecule has 110 valence electrons. The molecule has 0 saturated carbocycles. The largest absolute Gasteiger partial charge is 0.481 e. The number of anilines is 1. The van der Waals surface area contributed by atoms with Crippen LogP contribution in [0.15, 0.2) is 18.2 Å². The number of carboxylic acids is 1. The number of aliphatic carboxylic acids is 1. The molecular weight excluding hydrogens is 280 g/mol. The summed E-state index contributed by atoms with van der Waals surface area (Å²) < 4.78 is 0. The van der Waals surface area contributed by atoms with E-state index in [-0.39, 0.29) is 23.0 Å². The minimum absolute atomic E-state index is 0.183. The number of carbonyl (C=O) groups is 2. The summed E-state index contributed by atoms with van der Waals surface area (Å²) >= 11 is 5.93. The third kappa shape index (κ3) is 4.42. The SMILES string of the molecule is CC(C)CC(CNc1cccc(Cl)c1C(N)=O)C(=O)O. The number of nitrogens with two attached hydrogens (primary N) is 1. The smallest absolute Gasteiger partial charge is 0.308 e. The second-order valence-electron chi connectivity index (χ2n) is 5.07. The molecular formula is C14H19ClN2O3. The van der Waals surface area contributed by atoms with Crippen molar-refractivity contribution in [1.82, 2.24) is 0 Å².